The van der Waals surface area contributed by atoms with E-state index in [4.69, 9.17) is 19.9 Å². The number of aromatic amines is 1. The molecule has 0 amide bonds. The Morgan fingerprint density at radius 3 is 2.69 bits per heavy atom. The number of nitrogens with two attached hydrogens (primary N) is 1. The Bertz CT molecular complexity index is 708. The molecule has 1 aliphatic rings. The quantitative estimate of drug-likeness (QED) is 0.327. The zero-order chi connectivity index (χ0) is 19.1. The third-order valence-electron chi connectivity index (χ3n) is 3.17. The predicted octanol–water partition coefficient (Wildman–Crippen LogP) is -0.202. The van der Waals surface area contributed by atoms with Crippen LogP contribution in [0.2, 0.25) is 0 Å². The second-order valence-corrected chi connectivity index (χ2v) is 4.86. The average Bonchev–Trinajstić information content (AvgIpc) is 3.03. The van der Waals surface area contributed by atoms with E-state index >= 15 is 0 Å². The number of nitrogens with one attached hydrogen (secondary N) is 2. The molecule has 1 aromatic rings. The smallest absolute Gasteiger partial charge is 0.438 e. The highest BCUT2D eigenvalue weighted by Crippen LogP contribution is 2.28. The van der Waals surface area contributed by atoms with Crippen molar-refractivity contribution < 1.29 is 33.3 Å². The predicted molar refractivity (Wildman–Crippen MR) is 86.4 cm³/mol. The molecule has 13 heteroatoms. The molecule has 144 valence electrons. The maximum Gasteiger partial charge on any atom is 0.511 e. The van der Waals surface area contributed by atoms with E-state index < -0.39 is 24.3 Å². The number of carbonyl (C=O) groups excluding carboxylic acids is 2. The number of anilines is 3. The van der Waals surface area contributed by atoms with Gasteiger partial charge in [-0.3, -0.25) is 14.7 Å². The first-order chi connectivity index (χ1) is 12.5. The van der Waals surface area contributed by atoms with Crippen molar-refractivity contribution in [3.8, 4) is 0 Å². The fourth-order valence-electron chi connectivity index (χ4n) is 2.03. The van der Waals surface area contributed by atoms with Gasteiger partial charge in [-0.25, -0.2) is 9.59 Å². The number of carbonyl (C=O) groups is 2. The van der Waals surface area contributed by atoms with E-state index in [1.165, 1.54) is 12.0 Å². The van der Waals surface area contributed by atoms with Crippen LogP contribution in [0.25, 0.3) is 0 Å². The average molecular weight is 373 g/mol. The van der Waals surface area contributed by atoms with E-state index in [1.54, 1.807) is 0 Å². The maximum absolute atomic E-state index is 11.9. The Balaban J connectivity index is 2.03. The molecule has 2 heterocycles. The van der Waals surface area contributed by atoms with E-state index in [1.807, 2.05) is 0 Å². The normalized spacial score (nSPS) is 13.4. The van der Waals surface area contributed by atoms with Crippen LogP contribution in [-0.4, -0.2) is 62.8 Å². The minimum atomic E-state index is -1.25. The summed E-state index contributed by atoms with van der Waals surface area (Å²) in [6, 6.07) is 0. The number of ether oxygens (including phenoxy) is 5. The fourth-order valence-corrected chi connectivity index (χ4v) is 2.03. The van der Waals surface area contributed by atoms with Gasteiger partial charge in [0.2, 0.25) is 5.95 Å². The number of rotatable bonds is 7. The van der Waals surface area contributed by atoms with Crippen molar-refractivity contribution in [2.24, 2.45) is 0 Å². The number of fused-ring (bicyclic) bond motifs is 1. The van der Waals surface area contributed by atoms with Crippen molar-refractivity contribution in [1.29, 1.82) is 0 Å². The highest BCUT2D eigenvalue weighted by atomic mass is 16.8. The number of hydrogen-bond donors (Lipinski definition) is 3. The Labute approximate surface area is 147 Å². The van der Waals surface area contributed by atoms with Gasteiger partial charge in [0.05, 0.1) is 34.1 Å². The summed E-state index contributed by atoms with van der Waals surface area (Å²) in [5, 5.41) is 2.81. The SMILES string of the molecule is COC(=O)OCCCOC(OC(=O)OC)N1CNc2c1nc(N)[nH]c2=O. The van der Waals surface area contributed by atoms with E-state index in [9.17, 15) is 14.4 Å². The summed E-state index contributed by atoms with van der Waals surface area (Å²) in [5.41, 5.74) is 5.24. The second-order valence-electron chi connectivity index (χ2n) is 4.86. The molecule has 0 bridgehead atoms. The Hall–Kier alpha value is -3.22. The molecule has 13 nitrogen and oxygen atoms in total. The van der Waals surface area contributed by atoms with Crippen molar-refractivity contribution in [3.63, 3.8) is 0 Å². The fraction of sp³-hybridized carbons (Fsp3) is 0.538. The first kappa shape index (κ1) is 19.1. The minimum Gasteiger partial charge on any atom is -0.438 e. The van der Waals surface area contributed by atoms with Crippen molar-refractivity contribution in [2.45, 2.75) is 12.8 Å². The molecule has 1 aliphatic heterocycles. The highest BCUT2D eigenvalue weighted by Gasteiger charge is 2.33. The Morgan fingerprint density at radius 2 is 2.00 bits per heavy atom. The van der Waals surface area contributed by atoms with Crippen molar-refractivity contribution in [3.05, 3.63) is 10.4 Å². The summed E-state index contributed by atoms with van der Waals surface area (Å²) in [7, 11) is 2.33. The third kappa shape index (κ3) is 4.66. The van der Waals surface area contributed by atoms with Crippen LogP contribution in [0.4, 0.5) is 27.0 Å². The molecule has 4 N–H and O–H groups in total. The molecule has 0 aliphatic carbocycles. The topological polar surface area (TPSA) is 167 Å². The van der Waals surface area contributed by atoms with Gasteiger partial charge in [0, 0.05) is 6.42 Å². The van der Waals surface area contributed by atoms with Gasteiger partial charge in [-0.1, -0.05) is 0 Å². The number of H-pyrrole nitrogens is 1. The molecule has 26 heavy (non-hydrogen) atoms. The molecule has 1 atom stereocenters. The zero-order valence-corrected chi connectivity index (χ0v) is 14.1. The van der Waals surface area contributed by atoms with E-state index in [2.05, 4.69) is 24.8 Å². The van der Waals surface area contributed by atoms with Crippen LogP contribution < -0.4 is 21.5 Å². The molecular weight excluding hydrogens is 354 g/mol. The number of aromatic nitrogens is 2. The van der Waals surface area contributed by atoms with Gasteiger partial charge < -0.3 is 34.7 Å². The lowest BCUT2D eigenvalue weighted by molar-refractivity contribution is -0.120. The third-order valence-corrected chi connectivity index (χ3v) is 3.17. The van der Waals surface area contributed by atoms with Crippen LogP contribution in [0.3, 0.4) is 0 Å². The zero-order valence-electron chi connectivity index (χ0n) is 14.1. The second kappa shape index (κ2) is 8.75. The molecule has 0 aromatic carbocycles. The summed E-state index contributed by atoms with van der Waals surface area (Å²) in [6.07, 6.45) is -2.76. The highest BCUT2D eigenvalue weighted by molar-refractivity contribution is 5.71. The molecule has 0 spiro atoms. The molecule has 1 aromatic heterocycles. The van der Waals surface area contributed by atoms with Gasteiger partial charge in [-0.15, -0.1) is 0 Å². The summed E-state index contributed by atoms with van der Waals surface area (Å²) in [6.45, 7) is 0.176. The lowest BCUT2D eigenvalue weighted by Crippen LogP contribution is -2.41. The van der Waals surface area contributed by atoms with Crippen LogP contribution in [-0.2, 0) is 23.7 Å². The van der Waals surface area contributed by atoms with Crippen LogP contribution in [0.5, 0.6) is 0 Å². The van der Waals surface area contributed by atoms with E-state index in [-0.39, 0.29) is 37.3 Å². The first-order valence-corrected chi connectivity index (χ1v) is 7.43. The first-order valence-electron chi connectivity index (χ1n) is 7.43. The molecule has 1 unspecified atom stereocenters. The van der Waals surface area contributed by atoms with Gasteiger partial charge in [0.25, 0.3) is 12.0 Å². The largest absolute Gasteiger partial charge is 0.511 e. The number of nitrogens with zero attached hydrogens (tertiary/aromatic N) is 2. The van der Waals surface area contributed by atoms with Gasteiger partial charge in [-0.2, -0.15) is 4.98 Å². The van der Waals surface area contributed by atoms with Crippen molar-refractivity contribution >= 4 is 29.8 Å². The number of methoxy groups -OCH3 is 2. The Kier molecular flexibility index (Phi) is 6.43. The van der Waals surface area contributed by atoms with Gasteiger partial charge in [-0.05, 0) is 0 Å². The van der Waals surface area contributed by atoms with Crippen molar-refractivity contribution in [1.82, 2.24) is 9.97 Å². The summed E-state index contributed by atoms with van der Waals surface area (Å²) < 4.78 is 24.0. The molecular formula is C13H19N5O8. The lowest BCUT2D eigenvalue weighted by atomic mass is 10.4. The summed E-state index contributed by atoms with van der Waals surface area (Å²) in [5.74, 6) is 0.0525. The molecule has 0 radical (unpaired) electrons. The minimum absolute atomic E-state index is 0.0390. The van der Waals surface area contributed by atoms with Crippen LogP contribution in [0.15, 0.2) is 4.79 Å². The molecule has 0 saturated carbocycles. The Morgan fingerprint density at radius 1 is 1.27 bits per heavy atom. The standard InChI is InChI=1S/C13H19N5O8/c1-22-12(20)25-5-3-4-24-11(26-13(21)23-2)18-6-15-7-8(18)16-10(14)17-9(7)19/h11,15H,3-6H2,1-2H3,(H3,14,16,17,19). The molecule has 0 fully saturated rings. The lowest BCUT2D eigenvalue weighted by Gasteiger charge is -2.26. The number of nitrogen functional groups attached to an aromatic ring is 1. The van der Waals surface area contributed by atoms with E-state index in [0.29, 0.717) is 6.42 Å². The molecule has 2 rings (SSSR count). The maximum atomic E-state index is 11.9. The summed E-state index contributed by atoms with van der Waals surface area (Å²) >= 11 is 0. The van der Waals surface area contributed by atoms with Gasteiger partial charge in [0.1, 0.15) is 5.69 Å². The van der Waals surface area contributed by atoms with Crippen LogP contribution in [0, 0.1) is 0 Å². The number of hydrogen-bond acceptors (Lipinski definition) is 12. The monoisotopic (exact) mass is 373 g/mol. The van der Waals surface area contributed by atoms with Crippen molar-refractivity contribution in [2.75, 3.05) is 50.1 Å². The van der Waals surface area contributed by atoms with Crippen LogP contribution in [0.1, 0.15) is 6.42 Å². The van der Waals surface area contributed by atoms with Gasteiger partial charge in [0.15, 0.2) is 5.82 Å². The van der Waals surface area contributed by atoms with E-state index in [0.717, 1.165) is 7.11 Å². The molecule has 0 saturated heterocycles. The van der Waals surface area contributed by atoms with Gasteiger partial charge >= 0.3 is 12.3 Å². The summed E-state index contributed by atoms with van der Waals surface area (Å²) in [4.78, 5) is 41.9. The van der Waals surface area contributed by atoms with Crippen LogP contribution >= 0.6 is 0 Å².